The monoisotopic (exact) mass is 461 g/mol. The molecule has 0 spiro atoms. The second-order valence-corrected chi connectivity index (χ2v) is 10.3. The highest BCUT2D eigenvalue weighted by atomic mass is 35.5. The van der Waals surface area contributed by atoms with Crippen molar-refractivity contribution in [2.24, 2.45) is 0 Å². The van der Waals surface area contributed by atoms with E-state index in [1.807, 2.05) is 13.0 Å². The third-order valence-corrected chi connectivity index (χ3v) is 7.16. The lowest BCUT2D eigenvalue weighted by atomic mass is 9.99. The van der Waals surface area contributed by atoms with Gasteiger partial charge in [0, 0.05) is 33.8 Å². The highest BCUT2D eigenvalue weighted by Crippen LogP contribution is 2.27. The number of nitrogen functional groups attached to an aromatic ring is 1. The zero-order valence-electron chi connectivity index (χ0n) is 16.3. The van der Waals surface area contributed by atoms with Crippen molar-refractivity contribution >= 4 is 49.5 Å². The molecule has 9 heteroatoms. The Morgan fingerprint density at radius 2 is 1.77 bits per heavy atom. The van der Waals surface area contributed by atoms with E-state index in [9.17, 15) is 12.6 Å². The first-order chi connectivity index (χ1) is 14.1. The molecule has 6 nitrogen and oxygen atoms in total. The van der Waals surface area contributed by atoms with E-state index in [2.05, 4.69) is 4.72 Å². The summed E-state index contributed by atoms with van der Waals surface area (Å²) in [6.45, 7) is 1.90. The largest absolute Gasteiger partial charge is 0.398 e. The minimum absolute atomic E-state index is 0.00853. The molecule has 0 fully saturated rings. The average molecular weight is 462 g/mol. The normalized spacial score (nSPS) is 12.4. The van der Waals surface area contributed by atoms with Crippen LogP contribution in [0.3, 0.4) is 0 Å². The predicted molar refractivity (Wildman–Crippen MR) is 123 cm³/mol. The van der Waals surface area contributed by atoms with Crippen molar-refractivity contribution in [1.29, 1.82) is 5.41 Å². The molecule has 3 rings (SSSR count). The summed E-state index contributed by atoms with van der Waals surface area (Å²) in [5.74, 6) is 0. The molecule has 0 radical (unpaired) electrons. The number of anilines is 2. The quantitative estimate of drug-likeness (QED) is 0.377. The highest BCUT2D eigenvalue weighted by molar-refractivity contribution is 7.92. The first-order valence-corrected chi connectivity index (χ1v) is 12.2. The van der Waals surface area contributed by atoms with Gasteiger partial charge in [-0.1, -0.05) is 35.4 Å². The summed E-state index contributed by atoms with van der Waals surface area (Å²) in [6, 6.07) is 16.3. The molecule has 0 amide bonds. The SMILES string of the molecule is Cc1ccc(Cl)c(C(=N)c2cc(NS(=O)c3ccccc3S(C)(=O)=O)ccc2N)c1. The van der Waals surface area contributed by atoms with Gasteiger partial charge in [-0.2, -0.15) is 0 Å². The molecule has 0 aliphatic carbocycles. The van der Waals surface area contributed by atoms with Crippen molar-refractivity contribution in [2.75, 3.05) is 16.7 Å². The fourth-order valence-electron chi connectivity index (χ4n) is 2.88. The summed E-state index contributed by atoms with van der Waals surface area (Å²) in [7, 11) is -5.39. The van der Waals surface area contributed by atoms with Crippen molar-refractivity contribution in [3.8, 4) is 0 Å². The number of nitrogens with one attached hydrogen (secondary N) is 2. The molecule has 0 bridgehead atoms. The molecule has 1 unspecified atom stereocenters. The van der Waals surface area contributed by atoms with Crippen LogP contribution in [0.25, 0.3) is 0 Å². The standard InChI is InChI=1S/C21H20ClN3O3S2/c1-13-7-9-17(22)15(11-13)21(24)16-12-14(8-10-18(16)23)25-29(26)19-5-3-4-6-20(19)30(2,27)28/h3-12,24-25H,23H2,1-2H3. The minimum Gasteiger partial charge on any atom is -0.398 e. The smallest absolute Gasteiger partial charge is 0.176 e. The molecule has 3 aromatic rings. The number of benzene rings is 3. The number of hydrogen-bond donors (Lipinski definition) is 3. The molecule has 0 aliphatic heterocycles. The molecule has 0 saturated heterocycles. The molecule has 30 heavy (non-hydrogen) atoms. The van der Waals surface area contributed by atoms with Gasteiger partial charge in [-0.25, -0.2) is 12.6 Å². The van der Waals surface area contributed by atoms with E-state index in [0.717, 1.165) is 11.8 Å². The van der Waals surface area contributed by atoms with E-state index >= 15 is 0 Å². The van der Waals surface area contributed by atoms with Crippen LogP contribution in [0.5, 0.6) is 0 Å². The Balaban J connectivity index is 1.96. The highest BCUT2D eigenvalue weighted by Gasteiger charge is 2.18. The molecular weight excluding hydrogens is 442 g/mol. The molecule has 156 valence electrons. The first kappa shape index (κ1) is 22.0. The molecule has 0 aliphatic rings. The number of rotatable bonds is 6. The second kappa shape index (κ2) is 8.59. The van der Waals surface area contributed by atoms with Gasteiger partial charge < -0.3 is 10.5 Å². The molecule has 4 N–H and O–H groups in total. The zero-order chi connectivity index (χ0) is 22.1. The third kappa shape index (κ3) is 4.72. The number of aryl methyl sites for hydroxylation is 1. The Bertz CT molecular complexity index is 1270. The minimum atomic E-state index is -3.55. The number of sulfone groups is 1. The molecule has 1 atom stereocenters. The third-order valence-electron chi connectivity index (χ3n) is 4.37. The van der Waals surface area contributed by atoms with Crippen molar-refractivity contribution in [2.45, 2.75) is 16.7 Å². The van der Waals surface area contributed by atoms with Gasteiger partial charge in [0.15, 0.2) is 20.8 Å². The van der Waals surface area contributed by atoms with Crippen LogP contribution in [-0.2, 0) is 20.8 Å². The van der Waals surface area contributed by atoms with Crippen LogP contribution in [-0.4, -0.2) is 24.6 Å². The van der Waals surface area contributed by atoms with Gasteiger partial charge in [0.05, 0.1) is 15.5 Å². The van der Waals surface area contributed by atoms with Crippen LogP contribution in [0, 0.1) is 12.3 Å². The van der Waals surface area contributed by atoms with Crippen LogP contribution in [0.15, 0.2) is 70.5 Å². The van der Waals surface area contributed by atoms with Gasteiger partial charge in [0.2, 0.25) is 0 Å². The Morgan fingerprint density at radius 1 is 1.07 bits per heavy atom. The van der Waals surface area contributed by atoms with Gasteiger partial charge in [0.25, 0.3) is 0 Å². The topological polar surface area (TPSA) is 113 Å². The van der Waals surface area contributed by atoms with Gasteiger partial charge in [-0.3, -0.25) is 5.41 Å². The van der Waals surface area contributed by atoms with Crippen LogP contribution < -0.4 is 10.5 Å². The van der Waals surface area contributed by atoms with E-state index < -0.39 is 20.8 Å². The molecule has 0 heterocycles. The summed E-state index contributed by atoms with van der Waals surface area (Å²) in [5.41, 5.74) is 8.89. The number of halogens is 1. The lowest BCUT2D eigenvalue weighted by Crippen LogP contribution is -2.12. The van der Waals surface area contributed by atoms with Gasteiger partial charge in [-0.15, -0.1) is 0 Å². The van der Waals surface area contributed by atoms with Crippen LogP contribution in [0.2, 0.25) is 5.02 Å². The average Bonchev–Trinajstić information content (AvgIpc) is 2.70. The number of nitrogens with two attached hydrogens (primary N) is 1. The van der Waals surface area contributed by atoms with Crippen molar-refractivity contribution in [1.82, 2.24) is 0 Å². The van der Waals surface area contributed by atoms with E-state index in [1.54, 1.807) is 42.5 Å². The Morgan fingerprint density at radius 3 is 2.47 bits per heavy atom. The Kier molecular flexibility index (Phi) is 6.30. The molecule has 3 aromatic carbocycles. The van der Waals surface area contributed by atoms with E-state index in [0.29, 0.717) is 27.5 Å². The zero-order valence-corrected chi connectivity index (χ0v) is 18.7. The fourth-order valence-corrected chi connectivity index (χ4v) is 5.44. The summed E-state index contributed by atoms with van der Waals surface area (Å²) >= 11 is 6.25. The maximum atomic E-state index is 12.8. The van der Waals surface area contributed by atoms with Crippen LogP contribution in [0.1, 0.15) is 16.7 Å². The molecule has 0 saturated carbocycles. The Hall–Kier alpha value is -2.68. The van der Waals surface area contributed by atoms with Crippen LogP contribution in [0.4, 0.5) is 11.4 Å². The summed E-state index contributed by atoms with van der Waals surface area (Å²) < 4.78 is 39.6. The predicted octanol–water partition coefficient (Wildman–Crippen LogP) is 4.18. The van der Waals surface area contributed by atoms with Gasteiger partial charge in [-0.05, 0) is 49.4 Å². The van der Waals surface area contributed by atoms with E-state index in [1.165, 1.54) is 12.1 Å². The number of hydrogen-bond acceptors (Lipinski definition) is 5. The maximum Gasteiger partial charge on any atom is 0.176 e. The first-order valence-electron chi connectivity index (χ1n) is 8.80. The lowest BCUT2D eigenvalue weighted by Gasteiger charge is -2.14. The van der Waals surface area contributed by atoms with E-state index in [-0.39, 0.29) is 15.5 Å². The Labute approximate surface area is 183 Å². The van der Waals surface area contributed by atoms with Gasteiger partial charge in [0.1, 0.15) is 0 Å². The van der Waals surface area contributed by atoms with Crippen molar-refractivity contribution < 1.29 is 12.6 Å². The van der Waals surface area contributed by atoms with E-state index in [4.69, 9.17) is 22.7 Å². The van der Waals surface area contributed by atoms with Crippen molar-refractivity contribution in [3.05, 3.63) is 82.4 Å². The van der Waals surface area contributed by atoms with Crippen molar-refractivity contribution in [3.63, 3.8) is 0 Å². The summed E-state index contributed by atoms with van der Waals surface area (Å²) in [5, 5.41) is 8.99. The summed E-state index contributed by atoms with van der Waals surface area (Å²) in [4.78, 5) is 0.140. The van der Waals surface area contributed by atoms with Crippen LogP contribution >= 0.6 is 11.6 Å². The summed E-state index contributed by atoms with van der Waals surface area (Å²) in [6.07, 6.45) is 1.07. The maximum absolute atomic E-state index is 12.8. The molecular formula is C21H20ClN3O3S2. The van der Waals surface area contributed by atoms with Gasteiger partial charge >= 0.3 is 0 Å². The lowest BCUT2D eigenvalue weighted by molar-refractivity contribution is 0.599. The fraction of sp³-hybridized carbons (Fsp3) is 0.0952. The molecule has 0 aromatic heterocycles. The second-order valence-electron chi connectivity index (χ2n) is 6.75.